The van der Waals surface area contributed by atoms with E-state index in [1.807, 2.05) is 23.6 Å². The number of nitrogens with two attached hydrogens (primary N) is 1. The fraction of sp³-hybridized carbons (Fsp3) is 0.111. The van der Waals surface area contributed by atoms with Crippen LogP contribution in [0.1, 0.15) is 5.56 Å². The molecule has 0 atom stereocenters. The quantitative estimate of drug-likeness (QED) is 0.352. The predicted octanol–water partition coefficient (Wildman–Crippen LogP) is 4.70. The number of halogens is 1. The molecule has 0 fully saturated rings. The van der Waals surface area contributed by atoms with E-state index in [-0.39, 0.29) is 0 Å². The standard InChI is InChI=1S/C18H16ClN5S/c19-12-1-2-16-14(8-12)15-9-13(23-18-22-5-6-25-18)7-11(17(15)24-16)3-4-21-10-20/h1-2,5-10,24H,3-4H2,(H2,20,21)(H,22,23). The monoisotopic (exact) mass is 369 g/mol. The summed E-state index contributed by atoms with van der Waals surface area (Å²) in [5.41, 5.74) is 9.71. The lowest BCUT2D eigenvalue weighted by Gasteiger charge is -2.08. The van der Waals surface area contributed by atoms with Gasteiger partial charge in [-0.25, -0.2) is 4.98 Å². The molecular weight excluding hydrogens is 354 g/mol. The van der Waals surface area contributed by atoms with Crippen LogP contribution in [-0.2, 0) is 6.42 Å². The summed E-state index contributed by atoms with van der Waals surface area (Å²) in [6, 6.07) is 10.2. The number of hydrogen-bond donors (Lipinski definition) is 3. The van der Waals surface area contributed by atoms with E-state index in [9.17, 15) is 0 Å². The molecule has 0 unspecified atom stereocenters. The molecule has 5 nitrogen and oxygen atoms in total. The van der Waals surface area contributed by atoms with Crippen molar-refractivity contribution < 1.29 is 0 Å². The van der Waals surface area contributed by atoms with Crippen molar-refractivity contribution in [1.29, 1.82) is 0 Å². The number of nitrogens with zero attached hydrogens (tertiary/aromatic N) is 2. The number of benzene rings is 2. The van der Waals surface area contributed by atoms with Crippen LogP contribution in [0.25, 0.3) is 21.8 Å². The summed E-state index contributed by atoms with van der Waals surface area (Å²) in [4.78, 5) is 11.9. The largest absolute Gasteiger partial charge is 0.390 e. The van der Waals surface area contributed by atoms with E-state index in [2.05, 4.69) is 32.4 Å². The third-order valence-corrected chi connectivity index (χ3v) is 4.97. The van der Waals surface area contributed by atoms with E-state index in [1.165, 1.54) is 11.9 Å². The van der Waals surface area contributed by atoms with Crippen LogP contribution >= 0.6 is 22.9 Å². The minimum absolute atomic E-state index is 0.641. The van der Waals surface area contributed by atoms with Crippen molar-refractivity contribution in [3.05, 3.63) is 52.5 Å². The van der Waals surface area contributed by atoms with Crippen molar-refractivity contribution in [2.24, 2.45) is 10.7 Å². The van der Waals surface area contributed by atoms with Gasteiger partial charge in [0.05, 0.1) is 6.34 Å². The third kappa shape index (κ3) is 3.18. The number of aromatic nitrogens is 2. The van der Waals surface area contributed by atoms with Crippen LogP contribution in [0, 0.1) is 0 Å². The molecule has 126 valence electrons. The topological polar surface area (TPSA) is 79.1 Å². The summed E-state index contributed by atoms with van der Waals surface area (Å²) in [5, 5.41) is 9.14. The van der Waals surface area contributed by atoms with Gasteiger partial charge in [-0.05, 0) is 42.3 Å². The van der Waals surface area contributed by atoms with Crippen molar-refractivity contribution in [2.75, 3.05) is 11.9 Å². The molecule has 2 heterocycles. The predicted molar refractivity (Wildman–Crippen MR) is 107 cm³/mol. The summed E-state index contributed by atoms with van der Waals surface area (Å²) < 4.78 is 0. The van der Waals surface area contributed by atoms with Crippen molar-refractivity contribution in [3.8, 4) is 0 Å². The molecule has 0 aliphatic heterocycles. The highest BCUT2D eigenvalue weighted by atomic mass is 35.5. The molecular formula is C18H16ClN5S. The second-order valence-electron chi connectivity index (χ2n) is 5.64. The molecule has 0 saturated carbocycles. The van der Waals surface area contributed by atoms with Gasteiger partial charge < -0.3 is 16.0 Å². The van der Waals surface area contributed by atoms with Crippen LogP contribution in [0.5, 0.6) is 0 Å². The Morgan fingerprint density at radius 1 is 1.28 bits per heavy atom. The molecule has 7 heteroatoms. The molecule has 4 rings (SSSR count). The summed E-state index contributed by atoms with van der Waals surface area (Å²) in [7, 11) is 0. The first-order chi connectivity index (χ1) is 12.2. The molecule has 0 aliphatic carbocycles. The lowest BCUT2D eigenvalue weighted by atomic mass is 10.1. The lowest BCUT2D eigenvalue weighted by Crippen LogP contribution is -1.97. The van der Waals surface area contributed by atoms with Gasteiger partial charge in [-0.15, -0.1) is 11.3 Å². The molecule has 0 radical (unpaired) electrons. The number of hydrogen-bond acceptors (Lipinski definition) is 4. The number of rotatable bonds is 5. The Balaban J connectivity index is 1.87. The maximum absolute atomic E-state index is 6.20. The Kier molecular flexibility index (Phi) is 4.29. The molecule has 2 aromatic carbocycles. The summed E-state index contributed by atoms with van der Waals surface area (Å²) in [5.74, 6) is 0. The van der Waals surface area contributed by atoms with Crippen LogP contribution in [-0.4, -0.2) is 22.9 Å². The third-order valence-electron chi connectivity index (χ3n) is 4.05. The van der Waals surface area contributed by atoms with Crippen molar-refractivity contribution in [2.45, 2.75) is 6.42 Å². The molecule has 0 amide bonds. The first-order valence-electron chi connectivity index (χ1n) is 7.85. The fourth-order valence-corrected chi connectivity index (χ4v) is 3.70. The molecule has 4 aromatic rings. The van der Waals surface area contributed by atoms with E-state index in [1.54, 1.807) is 17.5 Å². The zero-order valence-electron chi connectivity index (χ0n) is 13.3. The van der Waals surface area contributed by atoms with Crippen molar-refractivity contribution in [1.82, 2.24) is 9.97 Å². The number of aromatic amines is 1. The Hall–Kier alpha value is -2.57. The number of fused-ring (bicyclic) bond motifs is 3. The van der Waals surface area contributed by atoms with Gasteiger partial charge in [0.15, 0.2) is 5.13 Å². The smallest absolute Gasteiger partial charge is 0.187 e. The molecule has 0 aliphatic rings. The fourth-order valence-electron chi connectivity index (χ4n) is 2.98. The van der Waals surface area contributed by atoms with Gasteiger partial charge in [0.2, 0.25) is 0 Å². The van der Waals surface area contributed by atoms with E-state index in [0.29, 0.717) is 6.54 Å². The maximum atomic E-state index is 6.20. The highest BCUT2D eigenvalue weighted by Gasteiger charge is 2.11. The average Bonchev–Trinajstić information content (AvgIpc) is 3.23. The van der Waals surface area contributed by atoms with Gasteiger partial charge in [-0.3, -0.25) is 4.99 Å². The zero-order chi connectivity index (χ0) is 17.2. The van der Waals surface area contributed by atoms with Gasteiger partial charge in [-0.1, -0.05) is 11.6 Å². The number of thiazole rings is 1. The highest BCUT2D eigenvalue weighted by Crippen LogP contribution is 2.33. The van der Waals surface area contributed by atoms with E-state index in [4.69, 9.17) is 17.3 Å². The number of H-pyrrole nitrogens is 1. The molecule has 0 bridgehead atoms. The Bertz CT molecular complexity index is 1050. The molecule has 4 N–H and O–H groups in total. The van der Waals surface area contributed by atoms with Crippen molar-refractivity contribution >= 4 is 61.9 Å². The average molecular weight is 370 g/mol. The number of aliphatic imine (C=N–C) groups is 1. The van der Waals surface area contributed by atoms with Gasteiger partial charge in [-0.2, -0.15) is 0 Å². The number of anilines is 2. The van der Waals surface area contributed by atoms with Gasteiger partial charge in [0, 0.05) is 50.6 Å². The van der Waals surface area contributed by atoms with Crippen LogP contribution < -0.4 is 11.1 Å². The molecule has 2 aromatic heterocycles. The van der Waals surface area contributed by atoms with Crippen LogP contribution in [0.4, 0.5) is 10.8 Å². The summed E-state index contributed by atoms with van der Waals surface area (Å²) in [6.45, 7) is 0.641. The van der Waals surface area contributed by atoms with Gasteiger partial charge in [0.1, 0.15) is 0 Å². The second kappa shape index (κ2) is 6.74. The first kappa shape index (κ1) is 15.9. The summed E-state index contributed by atoms with van der Waals surface area (Å²) >= 11 is 7.77. The normalized spacial score (nSPS) is 11.7. The SMILES string of the molecule is NC=NCCc1cc(Nc2nccs2)cc2c1[nH]c1ccc(Cl)cc12. The Morgan fingerprint density at radius 2 is 2.20 bits per heavy atom. The van der Waals surface area contributed by atoms with Crippen LogP contribution in [0.2, 0.25) is 5.02 Å². The maximum Gasteiger partial charge on any atom is 0.187 e. The van der Waals surface area contributed by atoms with E-state index >= 15 is 0 Å². The second-order valence-corrected chi connectivity index (χ2v) is 6.97. The lowest BCUT2D eigenvalue weighted by molar-refractivity contribution is 0.977. The van der Waals surface area contributed by atoms with Gasteiger partial charge in [0.25, 0.3) is 0 Å². The zero-order valence-corrected chi connectivity index (χ0v) is 14.9. The summed E-state index contributed by atoms with van der Waals surface area (Å²) in [6.07, 6.45) is 3.92. The molecule has 25 heavy (non-hydrogen) atoms. The minimum atomic E-state index is 0.641. The molecule has 0 saturated heterocycles. The van der Waals surface area contributed by atoms with Crippen LogP contribution in [0.3, 0.4) is 0 Å². The Morgan fingerprint density at radius 3 is 3.00 bits per heavy atom. The number of nitrogens with one attached hydrogen (secondary N) is 2. The first-order valence-corrected chi connectivity index (χ1v) is 9.11. The molecule has 0 spiro atoms. The highest BCUT2D eigenvalue weighted by molar-refractivity contribution is 7.13. The van der Waals surface area contributed by atoms with Crippen molar-refractivity contribution in [3.63, 3.8) is 0 Å². The van der Waals surface area contributed by atoms with E-state index in [0.717, 1.165) is 44.1 Å². The Labute approximate surface area is 153 Å². The van der Waals surface area contributed by atoms with Gasteiger partial charge >= 0.3 is 0 Å². The van der Waals surface area contributed by atoms with Crippen LogP contribution in [0.15, 0.2) is 46.9 Å². The minimum Gasteiger partial charge on any atom is -0.390 e. The van der Waals surface area contributed by atoms with E-state index < -0.39 is 0 Å².